The van der Waals surface area contributed by atoms with Crippen LogP contribution in [0.1, 0.15) is 39.7 Å². The van der Waals surface area contributed by atoms with Gasteiger partial charge in [-0.1, -0.05) is 32.9 Å². The molecule has 0 spiro atoms. The molecule has 0 radical (unpaired) electrons. The SMILES string of the molecule is CCOC(Cc1ccc(OCCN(CCC(C)(C)C)C(=O)NCCOC)cc1)C(=O)O. The van der Waals surface area contributed by atoms with Gasteiger partial charge in [-0.15, -0.1) is 0 Å². The summed E-state index contributed by atoms with van der Waals surface area (Å²) < 4.78 is 16.0. The molecule has 0 fully saturated rings. The standard InChI is InChI=1S/C23H38N2O6/c1-6-30-20(21(26)27)17-18-7-9-19(10-8-18)31-16-14-25(13-11-23(2,3)4)22(28)24-12-15-29-5/h7-10,20H,6,11-17H2,1-5H3,(H,24,28)(H,26,27). The number of carbonyl (C=O) groups is 2. The van der Waals surface area contributed by atoms with E-state index >= 15 is 0 Å². The van der Waals surface area contributed by atoms with Crippen molar-refractivity contribution < 1.29 is 28.9 Å². The van der Waals surface area contributed by atoms with E-state index in [0.717, 1.165) is 12.0 Å². The number of hydrogen-bond acceptors (Lipinski definition) is 5. The normalized spacial score (nSPS) is 12.3. The van der Waals surface area contributed by atoms with Gasteiger partial charge in [-0.25, -0.2) is 9.59 Å². The summed E-state index contributed by atoms with van der Waals surface area (Å²) in [5.74, 6) is -0.302. The highest BCUT2D eigenvalue weighted by Crippen LogP contribution is 2.19. The van der Waals surface area contributed by atoms with Gasteiger partial charge in [0.05, 0.1) is 13.2 Å². The first-order valence-electron chi connectivity index (χ1n) is 10.7. The van der Waals surface area contributed by atoms with Crippen molar-refractivity contribution in [3.8, 4) is 5.75 Å². The number of carboxylic acids is 1. The Morgan fingerprint density at radius 1 is 1.13 bits per heavy atom. The average Bonchev–Trinajstić information content (AvgIpc) is 2.70. The van der Waals surface area contributed by atoms with Crippen molar-refractivity contribution >= 4 is 12.0 Å². The van der Waals surface area contributed by atoms with Crippen LogP contribution >= 0.6 is 0 Å². The fourth-order valence-corrected chi connectivity index (χ4v) is 2.79. The van der Waals surface area contributed by atoms with Crippen molar-refractivity contribution in [3.63, 3.8) is 0 Å². The van der Waals surface area contributed by atoms with Crippen LogP contribution in [0.15, 0.2) is 24.3 Å². The number of benzene rings is 1. The molecule has 1 atom stereocenters. The fourth-order valence-electron chi connectivity index (χ4n) is 2.79. The van der Waals surface area contributed by atoms with Crippen molar-refractivity contribution in [2.24, 2.45) is 5.41 Å². The molecular weight excluding hydrogens is 400 g/mol. The average molecular weight is 439 g/mol. The molecule has 2 N–H and O–H groups in total. The Hall–Kier alpha value is -2.32. The van der Waals surface area contributed by atoms with Gasteiger partial charge in [-0.05, 0) is 36.5 Å². The molecule has 0 aromatic heterocycles. The molecule has 8 heteroatoms. The molecule has 0 aliphatic carbocycles. The second-order valence-corrected chi connectivity index (χ2v) is 8.50. The molecule has 0 saturated heterocycles. The predicted octanol–water partition coefficient (Wildman–Crippen LogP) is 3.19. The first-order chi connectivity index (χ1) is 14.7. The van der Waals surface area contributed by atoms with Crippen molar-refractivity contribution in [3.05, 3.63) is 29.8 Å². The van der Waals surface area contributed by atoms with E-state index in [1.54, 1.807) is 31.1 Å². The molecular formula is C23H38N2O6. The third-order valence-electron chi connectivity index (χ3n) is 4.62. The Balaban J connectivity index is 2.58. The van der Waals surface area contributed by atoms with E-state index < -0.39 is 12.1 Å². The Bertz CT molecular complexity index is 657. The van der Waals surface area contributed by atoms with Crippen molar-refractivity contribution in [2.75, 3.05) is 46.6 Å². The molecule has 8 nitrogen and oxygen atoms in total. The summed E-state index contributed by atoms with van der Waals surface area (Å²) in [6.45, 7) is 10.9. The van der Waals surface area contributed by atoms with E-state index in [4.69, 9.17) is 14.2 Å². The lowest BCUT2D eigenvalue weighted by Gasteiger charge is -2.27. The topological polar surface area (TPSA) is 97.3 Å². The van der Waals surface area contributed by atoms with Gasteiger partial charge in [0, 0.05) is 33.2 Å². The highest BCUT2D eigenvalue weighted by atomic mass is 16.5. The summed E-state index contributed by atoms with van der Waals surface area (Å²) >= 11 is 0. The molecule has 0 aliphatic rings. The van der Waals surface area contributed by atoms with Gasteiger partial charge in [0.25, 0.3) is 0 Å². The van der Waals surface area contributed by atoms with Gasteiger partial charge in [0.15, 0.2) is 6.10 Å². The van der Waals surface area contributed by atoms with Crippen LogP contribution in [0.3, 0.4) is 0 Å². The zero-order valence-corrected chi connectivity index (χ0v) is 19.5. The largest absolute Gasteiger partial charge is 0.492 e. The zero-order valence-electron chi connectivity index (χ0n) is 19.5. The number of carboxylic acid groups (broad SMARTS) is 1. The van der Waals surface area contributed by atoms with Crippen LogP contribution < -0.4 is 10.1 Å². The molecule has 1 aromatic carbocycles. The Morgan fingerprint density at radius 3 is 2.35 bits per heavy atom. The number of carbonyl (C=O) groups excluding carboxylic acids is 1. The van der Waals surface area contributed by atoms with Gasteiger partial charge in [-0.2, -0.15) is 0 Å². The quantitative estimate of drug-likeness (QED) is 0.433. The van der Waals surface area contributed by atoms with Crippen LogP contribution in [-0.2, 0) is 20.7 Å². The first kappa shape index (κ1) is 26.7. The molecule has 1 rings (SSSR count). The number of aliphatic carboxylic acids is 1. The number of ether oxygens (including phenoxy) is 3. The van der Waals surface area contributed by atoms with E-state index in [0.29, 0.717) is 51.6 Å². The molecule has 31 heavy (non-hydrogen) atoms. The van der Waals surface area contributed by atoms with E-state index in [-0.39, 0.29) is 11.4 Å². The van der Waals surface area contributed by atoms with Gasteiger partial charge in [-0.3, -0.25) is 0 Å². The maximum Gasteiger partial charge on any atom is 0.333 e. The Kier molecular flexibility index (Phi) is 12.0. The highest BCUT2D eigenvalue weighted by Gasteiger charge is 2.19. The lowest BCUT2D eigenvalue weighted by molar-refractivity contribution is -0.149. The summed E-state index contributed by atoms with van der Waals surface area (Å²) in [5.41, 5.74) is 0.981. The van der Waals surface area contributed by atoms with Gasteiger partial charge in [0.1, 0.15) is 12.4 Å². The van der Waals surface area contributed by atoms with Crippen LogP contribution in [-0.4, -0.2) is 74.7 Å². The molecule has 0 saturated carbocycles. The number of methoxy groups -OCH3 is 1. The molecule has 1 unspecified atom stereocenters. The Labute approximate surface area is 185 Å². The minimum Gasteiger partial charge on any atom is -0.492 e. The number of hydrogen-bond donors (Lipinski definition) is 2. The molecule has 2 amide bonds. The zero-order chi connectivity index (χ0) is 23.3. The monoisotopic (exact) mass is 438 g/mol. The summed E-state index contributed by atoms with van der Waals surface area (Å²) in [5, 5.41) is 12.1. The van der Waals surface area contributed by atoms with Crippen LogP contribution in [0, 0.1) is 5.41 Å². The number of rotatable bonds is 14. The summed E-state index contributed by atoms with van der Waals surface area (Å²) in [4.78, 5) is 25.5. The number of nitrogens with zero attached hydrogens (tertiary/aromatic N) is 1. The summed E-state index contributed by atoms with van der Waals surface area (Å²) in [7, 11) is 1.60. The highest BCUT2D eigenvalue weighted by molar-refractivity contribution is 5.74. The minimum absolute atomic E-state index is 0.122. The van der Waals surface area contributed by atoms with E-state index in [2.05, 4.69) is 26.1 Å². The molecule has 0 aliphatic heterocycles. The van der Waals surface area contributed by atoms with E-state index in [1.807, 2.05) is 12.1 Å². The number of amides is 2. The maximum atomic E-state index is 12.5. The molecule has 176 valence electrons. The smallest absolute Gasteiger partial charge is 0.333 e. The second-order valence-electron chi connectivity index (χ2n) is 8.50. The minimum atomic E-state index is -0.971. The predicted molar refractivity (Wildman–Crippen MR) is 120 cm³/mol. The van der Waals surface area contributed by atoms with E-state index in [1.165, 1.54) is 0 Å². The van der Waals surface area contributed by atoms with Crippen LogP contribution in [0.2, 0.25) is 0 Å². The summed E-state index contributed by atoms with van der Waals surface area (Å²) in [6, 6.07) is 7.14. The number of nitrogens with one attached hydrogen (secondary N) is 1. The third-order valence-corrected chi connectivity index (χ3v) is 4.62. The first-order valence-corrected chi connectivity index (χ1v) is 10.7. The van der Waals surface area contributed by atoms with Gasteiger partial charge < -0.3 is 29.5 Å². The molecule has 1 aromatic rings. The van der Waals surface area contributed by atoms with Gasteiger partial charge >= 0.3 is 12.0 Å². The second kappa shape index (κ2) is 13.9. The summed E-state index contributed by atoms with van der Waals surface area (Å²) in [6.07, 6.45) is 0.320. The number of urea groups is 1. The lowest BCUT2D eigenvalue weighted by atomic mass is 9.92. The third kappa shape index (κ3) is 11.6. The van der Waals surface area contributed by atoms with Crippen LogP contribution in [0.4, 0.5) is 4.79 Å². The molecule has 0 heterocycles. The fraction of sp³-hybridized carbons (Fsp3) is 0.652. The lowest BCUT2D eigenvalue weighted by Crippen LogP contribution is -2.44. The van der Waals surface area contributed by atoms with Crippen LogP contribution in [0.5, 0.6) is 5.75 Å². The van der Waals surface area contributed by atoms with Crippen molar-refractivity contribution in [1.82, 2.24) is 10.2 Å². The Morgan fingerprint density at radius 2 is 1.81 bits per heavy atom. The van der Waals surface area contributed by atoms with Crippen molar-refractivity contribution in [1.29, 1.82) is 0 Å². The van der Waals surface area contributed by atoms with Crippen LogP contribution in [0.25, 0.3) is 0 Å². The van der Waals surface area contributed by atoms with Gasteiger partial charge in [0.2, 0.25) is 0 Å². The molecule has 0 bridgehead atoms. The van der Waals surface area contributed by atoms with Crippen molar-refractivity contribution in [2.45, 2.75) is 46.6 Å². The van der Waals surface area contributed by atoms with E-state index in [9.17, 15) is 14.7 Å². The maximum absolute atomic E-state index is 12.5.